The Labute approximate surface area is 127 Å². The average molecular weight is 314 g/mol. The fourth-order valence-corrected chi connectivity index (χ4v) is 2.32. The molecule has 1 aromatic carbocycles. The van der Waals surface area contributed by atoms with E-state index >= 15 is 0 Å². The molecule has 0 radical (unpaired) electrons. The fraction of sp³-hybridized carbons (Fsp3) is 0.429. The van der Waals surface area contributed by atoms with Gasteiger partial charge in [-0.05, 0) is 37.0 Å². The minimum absolute atomic E-state index is 0.0119. The zero-order valence-corrected chi connectivity index (χ0v) is 12.2. The van der Waals surface area contributed by atoms with Crippen molar-refractivity contribution in [2.75, 3.05) is 6.54 Å². The average Bonchev–Trinajstić information content (AvgIpc) is 2.65. The summed E-state index contributed by atoms with van der Waals surface area (Å²) in [4.78, 5) is 23.5. The van der Waals surface area contributed by atoms with Crippen LogP contribution in [-0.4, -0.2) is 24.5 Å². The van der Waals surface area contributed by atoms with Gasteiger partial charge >= 0.3 is 6.03 Å². The first-order chi connectivity index (χ1) is 10.1. The number of halogens is 2. The summed E-state index contributed by atoms with van der Waals surface area (Å²) in [5.74, 6) is -0.660. The van der Waals surface area contributed by atoms with Gasteiger partial charge in [0.25, 0.3) is 0 Å². The summed E-state index contributed by atoms with van der Waals surface area (Å²) in [6.45, 7) is 0.854. The van der Waals surface area contributed by atoms with E-state index in [2.05, 4.69) is 16.0 Å². The number of amides is 3. The second kappa shape index (κ2) is 7.26. The number of rotatable bonds is 3. The Morgan fingerprint density at radius 3 is 3.00 bits per heavy atom. The summed E-state index contributed by atoms with van der Waals surface area (Å²) in [5, 5.41) is 8.02. The Morgan fingerprint density at radius 2 is 2.24 bits per heavy atom. The van der Waals surface area contributed by atoms with Crippen molar-refractivity contribution in [1.29, 1.82) is 0 Å². The van der Waals surface area contributed by atoms with Crippen LogP contribution in [0.2, 0.25) is 5.02 Å². The van der Waals surface area contributed by atoms with Crippen molar-refractivity contribution in [2.24, 2.45) is 0 Å². The highest BCUT2D eigenvalue weighted by Crippen LogP contribution is 2.15. The summed E-state index contributed by atoms with van der Waals surface area (Å²) < 4.78 is 13.0. The topological polar surface area (TPSA) is 70.2 Å². The molecule has 0 saturated carbocycles. The van der Waals surface area contributed by atoms with Gasteiger partial charge in [0.1, 0.15) is 11.9 Å². The zero-order chi connectivity index (χ0) is 15.2. The molecule has 114 valence electrons. The van der Waals surface area contributed by atoms with Crippen LogP contribution in [0.1, 0.15) is 24.8 Å². The molecular weight excluding hydrogens is 297 g/mol. The van der Waals surface area contributed by atoms with Crippen LogP contribution in [0, 0.1) is 5.82 Å². The number of nitrogens with one attached hydrogen (secondary N) is 3. The first-order valence-corrected chi connectivity index (χ1v) is 7.20. The van der Waals surface area contributed by atoms with Crippen molar-refractivity contribution < 1.29 is 14.0 Å². The van der Waals surface area contributed by atoms with Crippen LogP contribution in [0.5, 0.6) is 0 Å². The molecule has 1 aliphatic rings. The van der Waals surface area contributed by atoms with Crippen molar-refractivity contribution in [2.45, 2.75) is 31.8 Å². The van der Waals surface area contributed by atoms with Gasteiger partial charge < -0.3 is 16.0 Å². The van der Waals surface area contributed by atoms with Crippen LogP contribution >= 0.6 is 11.6 Å². The molecule has 1 atom stereocenters. The number of carbonyl (C=O) groups is 2. The van der Waals surface area contributed by atoms with Gasteiger partial charge in [0.2, 0.25) is 5.91 Å². The second-order valence-electron chi connectivity index (χ2n) is 4.91. The van der Waals surface area contributed by atoms with E-state index in [-0.39, 0.29) is 17.5 Å². The summed E-state index contributed by atoms with van der Waals surface area (Å²) in [7, 11) is 0. The van der Waals surface area contributed by atoms with Crippen LogP contribution in [-0.2, 0) is 11.3 Å². The quantitative estimate of drug-likeness (QED) is 0.798. The van der Waals surface area contributed by atoms with Crippen molar-refractivity contribution in [3.8, 4) is 0 Å². The van der Waals surface area contributed by atoms with Crippen LogP contribution in [0.15, 0.2) is 18.2 Å². The Balaban J connectivity index is 1.83. The predicted octanol–water partition coefficient (Wildman–Crippen LogP) is 1.95. The van der Waals surface area contributed by atoms with Gasteiger partial charge in [-0.3, -0.25) is 4.79 Å². The molecule has 1 saturated heterocycles. The minimum Gasteiger partial charge on any atom is -0.354 e. The third kappa shape index (κ3) is 4.60. The highest BCUT2D eigenvalue weighted by Gasteiger charge is 2.22. The standard InChI is InChI=1S/C14H17ClFN3O2/c15-10-7-9(4-5-11(10)16)8-18-14(21)19-12-3-1-2-6-17-13(12)20/h4-5,7,12H,1-3,6,8H2,(H,17,20)(H2,18,19,21). The van der Waals surface area contributed by atoms with Crippen molar-refractivity contribution >= 4 is 23.5 Å². The third-order valence-corrected chi connectivity index (χ3v) is 3.57. The second-order valence-corrected chi connectivity index (χ2v) is 5.32. The highest BCUT2D eigenvalue weighted by molar-refractivity contribution is 6.30. The van der Waals surface area contributed by atoms with Crippen LogP contribution < -0.4 is 16.0 Å². The van der Waals surface area contributed by atoms with Gasteiger partial charge in [-0.2, -0.15) is 0 Å². The van der Waals surface area contributed by atoms with Crippen LogP contribution in [0.4, 0.5) is 9.18 Å². The molecule has 1 aliphatic heterocycles. The summed E-state index contributed by atoms with van der Waals surface area (Å²) in [6.07, 6.45) is 2.43. The van der Waals surface area contributed by atoms with Gasteiger partial charge in [0, 0.05) is 13.1 Å². The predicted molar refractivity (Wildman–Crippen MR) is 77.4 cm³/mol. The third-order valence-electron chi connectivity index (χ3n) is 3.28. The maximum Gasteiger partial charge on any atom is 0.315 e. The number of urea groups is 1. The van der Waals surface area contributed by atoms with Crippen molar-refractivity contribution in [3.05, 3.63) is 34.6 Å². The van der Waals surface area contributed by atoms with Gasteiger partial charge in [0.05, 0.1) is 5.02 Å². The van der Waals surface area contributed by atoms with E-state index < -0.39 is 17.9 Å². The molecule has 0 spiro atoms. The van der Waals surface area contributed by atoms with Crippen LogP contribution in [0.3, 0.4) is 0 Å². The van der Waals surface area contributed by atoms with Gasteiger partial charge in [-0.25, -0.2) is 9.18 Å². The smallest absolute Gasteiger partial charge is 0.315 e. The van der Waals surface area contributed by atoms with Crippen molar-refractivity contribution in [3.63, 3.8) is 0 Å². The Bertz CT molecular complexity index is 539. The van der Waals surface area contributed by atoms with Gasteiger partial charge in [-0.15, -0.1) is 0 Å². The largest absolute Gasteiger partial charge is 0.354 e. The fourth-order valence-electron chi connectivity index (χ4n) is 2.12. The van der Waals surface area contributed by atoms with Gasteiger partial charge in [0.15, 0.2) is 0 Å². The molecule has 21 heavy (non-hydrogen) atoms. The molecule has 0 bridgehead atoms. The lowest BCUT2D eigenvalue weighted by Crippen LogP contribution is -2.48. The molecule has 1 aromatic rings. The lowest BCUT2D eigenvalue weighted by atomic mass is 10.1. The number of carbonyl (C=O) groups excluding carboxylic acids is 2. The Morgan fingerprint density at radius 1 is 1.43 bits per heavy atom. The van der Waals surface area contributed by atoms with Crippen molar-refractivity contribution in [1.82, 2.24) is 16.0 Å². The monoisotopic (exact) mass is 313 g/mol. The number of hydrogen-bond donors (Lipinski definition) is 3. The maximum absolute atomic E-state index is 13.0. The first-order valence-electron chi connectivity index (χ1n) is 6.82. The summed E-state index contributed by atoms with van der Waals surface area (Å²) >= 11 is 5.67. The van der Waals surface area contributed by atoms with E-state index in [1.807, 2.05) is 0 Å². The molecule has 1 unspecified atom stereocenters. The molecule has 1 fully saturated rings. The van der Waals surface area contributed by atoms with E-state index in [9.17, 15) is 14.0 Å². The number of hydrogen-bond acceptors (Lipinski definition) is 2. The molecule has 2 rings (SSSR count). The SMILES string of the molecule is O=C(NCc1ccc(F)c(Cl)c1)NC1CCCCNC1=O. The number of benzene rings is 1. The molecule has 7 heteroatoms. The highest BCUT2D eigenvalue weighted by atomic mass is 35.5. The maximum atomic E-state index is 13.0. The minimum atomic E-state index is -0.510. The normalized spacial score (nSPS) is 18.6. The molecule has 3 amide bonds. The molecule has 3 N–H and O–H groups in total. The lowest BCUT2D eigenvalue weighted by Gasteiger charge is -2.15. The lowest BCUT2D eigenvalue weighted by molar-refractivity contribution is -0.122. The summed E-state index contributed by atoms with van der Waals surface area (Å²) in [6, 6.07) is 3.30. The van der Waals surface area contributed by atoms with E-state index in [1.54, 1.807) is 6.07 Å². The van der Waals surface area contributed by atoms with Crippen LogP contribution in [0.25, 0.3) is 0 Å². The van der Waals surface area contributed by atoms with E-state index in [4.69, 9.17) is 11.6 Å². The van der Waals surface area contributed by atoms with E-state index in [0.29, 0.717) is 18.5 Å². The first kappa shape index (κ1) is 15.6. The molecule has 1 heterocycles. The molecule has 5 nitrogen and oxygen atoms in total. The Kier molecular flexibility index (Phi) is 5.38. The zero-order valence-electron chi connectivity index (χ0n) is 11.4. The summed E-state index contributed by atoms with van der Waals surface area (Å²) in [5.41, 5.74) is 0.682. The van der Waals surface area contributed by atoms with E-state index in [0.717, 1.165) is 12.8 Å². The Hall–Kier alpha value is -1.82. The van der Waals surface area contributed by atoms with E-state index in [1.165, 1.54) is 12.1 Å². The van der Waals surface area contributed by atoms with Gasteiger partial charge in [-0.1, -0.05) is 17.7 Å². The molecule has 0 aromatic heterocycles. The molecular formula is C14H17ClFN3O2. The molecule has 0 aliphatic carbocycles.